The van der Waals surface area contributed by atoms with E-state index >= 15 is 0 Å². The molecule has 0 aliphatic heterocycles. The van der Waals surface area contributed by atoms with Gasteiger partial charge in [0.25, 0.3) is 0 Å². The van der Waals surface area contributed by atoms with Crippen LogP contribution in [0.1, 0.15) is 23.6 Å². The Morgan fingerprint density at radius 1 is 1.29 bits per heavy atom. The lowest BCUT2D eigenvalue weighted by Gasteiger charge is -2.16. The predicted octanol–water partition coefficient (Wildman–Crippen LogP) is 2.56. The number of carbonyl (C=O) groups is 1. The van der Waals surface area contributed by atoms with Gasteiger partial charge in [0.05, 0.1) is 0 Å². The summed E-state index contributed by atoms with van der Waals surface area (Å²) in [7, 11) is 1.81. The lowest BCUT2D eigenvalue weighted by molar-refractivity contribution is -0.124. The van der Waals surface area contributed by atoms with Gasteiger partial charge in [-0.1, -0.05) is 24.3 Å². The summed E-state index contributed by atoms with van der Waals surface area (Å²) in [6.45, 7) is 2.75. The highest BCUT2D eigenvalue weighted by atomic mass is 16.2. The van der Waals surface area contributed by atoms with Crippen molar-refractivity contribution >= 4 is 23.5 Å². The summed E-state index contributed by atoms with van der Waals surface area (Å²) in [5.74, 6) is 0.168. The zero-order valence-corrected chi connectivity index (χ0v) is 13.9. The van der Waals surface area contributed by atoms with Crippen molar-refractivity contribution in [3.05, 3.63) is 65.0 Å². The first-order valence-electron chi connectivity index (χ1n) is 7.82. The summed E-state index contributed by atoms with van der Waals surface area (Å²) in [6, 6.07) is 8.40. The third-order valence-corrected chi connectivity index (χ3v) is 4.27. The van der Waals surface area contributed by atoms with E-state index in [1.54, 1.807) is 23.4 Å². The monoisotopic (exact) mass is 320 g/mol. The summed E-state index contributed by atoms with van der Waals surface area (Å²) in [4.78, 5) is 21.8. The quantitative estimate of drug-likeness (QED) is 0.879. The van der Waals surface area contributed by atoms with Crippen molar-refractivity contribution in [3.63, 3.8) is 0 Å². The summed E-state index contributed by atoms with van der Waals surface area (Å²) in [5, 5.41) is 0. The Kier molecular flexibility index (Phi) is 4.42. The molecule has 5 heteroatoms. The molecule has 1 aliphatic carbocycles. The van der Waals surface area contributed by atoms with Gasteiger partial charge < -0.3 is 10.6 Å². The Hall–Kier alpha value is -2.95. The molecule has 0 fully saturated rings. The Morgan fingerprint density at radius 2 is 2.00 bits per heavy atom. The molecular formula is C19H20N4O. The molecule has 0 unspecified atom stereocenters. The van der Waals surface area contributed by atoms with Crippen LogP contribution in [0, 0.1) is 0 Å². The maximum Gasteiger partial charge on any atom is 0.246 e. The van der Waals surface area contributed by atoms with Crippen LogP contribution in [0.4, 0.5) is 5.95 Å². The summed E-state index contributed by atoms with van der Waals surface area (Å²) < 4.78 is 0. The topological polar surface area (TPSA) is 72.1 Å². The third-order valence-electron chi connectivity index (χ3n) is 4.27. The van der Waals surface area contributed by atoms with Crippen molar-refractivity contribution in [3.8, 4) is 0 Å². The van der Waals surface area contributed by atoms with Crippen LogP contribution >= 0.6 is 0 Å². The predicted molar refractivity (Wildman–Crippen MR) is 95.9 cm³/mol. The summed E-state index contributed by atoms with van der Waals surface area (Å²) >= 11 is 0. The number of fused-ring (bicyclic) bond motifs is 1. The molecule has 2 N–H and O–H groups in total. The van der Waals surface area contributed by atoms with E-state index in [1.807, 2.05) is 7.05 Å². The van der Waals surface area contributed by atoms with Crippen LogP contribution in [0.2, 0.25) is 0 Å². The molecule has 0 bridgehead atoms. The molecule has 1 aromatic carbocycles. The van der Waals surface area contributed by atoms with E-state index in [0.717, 1.165) is 12.0 Å². The molecule has 1 aromatic heterocycles. The number of hydrogen-bond acceptors (Lipinski definition) is 4. The fraction of sp³-hybridized carbons (Fsp3) is 0.211. The van der Waals surface area contributed by atoms with Gasteiger partial charge in [-0.2, -0.15) is 0 Å². The average Bonchev–Trinajstić information content (AvgIpc) is 2.90. The van der Waals surface area contributed by atoms with Crippen LogP contribution in [0.5, 0.6) is 0 Å². The lowest BCUT2D eigenvalue weighted by Crippen LogP contribution is -2.27. The molecule has 122 valence electrons. The number of aromatic nitrogens is 2. The second-order valence-corrected chi connectivity index (χ2v) is 5.96. The molecule has 0 atom stereocenters. The largest absolute Gasteiger partial charge is 0.368 e. The van der Waals surface area contributed by atoms with E-state index in [-0.39, 0.29) is 11.9 Å². The highest BCUT2D eigenvalue weighted by Gasteiger charge is 2.19. The molecule has 1 aliphatic rings. The minimum absolute atomic E-state index is 0.0527. The summed E-state index contributed by atoms with van der Waals surface area (Å²) in [5.41, 5.74) is 11.4. The second kappa shape index (κ2) is 6.66. The standard InChI is InChI=1S/C19H20N4O/c1-13-16(9-15-5-3-4-6-17(13)15)12-23(2)18(24)8-7-14-10-21-19(20)22-11-14/h3-8,10-11H,9,12H2,1-2H3,(H2,20,21,22). The van der Waals surface area contributed by atoms with E-state index in [1.165, 1.54) is 28.3 Å². The Labute approximate surface area is 141 Å². The lowest BCUT2D eigenvalue weighted by atomic mass is 10.1. The molecule has 24 heavy (non-hydrogen) atoms. The molecule has 1 amide bonds. The van der Waals surface area contributed by atoms with Crippen LogP contribution in [-0.2, 0) is 11.2 Å². The number of anilines is 1. The second-order valence-electron chi connectivity index (χ2n) is 5.96. The van der Waals surface area contributed by atoms with Gasteiger partial charge >= 0.3 is 0 Å². The average molecular weight is 320 g/mol. The van der Waals surface area contributed by atoms with Crippen molar-refractivity contribution in [1.82, 2.24) is 14.9 Å². The van der Waals surface area contributed by atoms with Gasteiger partial charge in [0.15, 0.2) is 0 Å². The van der Waals surface area contributed by atoms with E-state index in [0.29, 0.717) is 6.54 Å². The van der Waals surface area contributed by atoms with Gasteiger partial charge in [-0.05, 0) is 41.7 Å². The Balaban J connectivity index is 1.65. The molecular weight excluding hydrogens is 300 g/mol. The van der Waals surface area contributed by atoms with Crippen molar-refractivity contribution in [2.75, 3.05) is 19.3 Å². The normalized spacial score (nSPS) is 13.4. The Bertz CT molecular complexity index is 822. The van der Waals surface area contributed by atoms with E-state index in [4.69, 9.17) is 5.73 Å². The number of hydrogen-bond donors (Lipinski definition) is 1. The van der Waals surface area contributed by atoms with Crippen LogP contribution in [0.3, 0.4) is 0 Å². The molecule has 0 saturated carbocycles. The van der Waals surface area contributed by atoms with Crippen molar-refractivity contribution in [1.29, 1.82) is 0 Å². The van der Waals surface area contributed by atoms with Gasteiger partial charge in [0.1, 0.15) is 0 Å². The van der Waals surface area contributed by atoms with Crippen molar-refractivity contribution in [2.45, 2.75) is 13.3 Å². The van der Waals surface area contributed by atoms with Crippen LogP contribution in [0.15, 0.2) is 48.3 Å². The van der Waals surface area contributed by atoms with Gasteiger partial charge in [-0.3, -0.25) is 4.79 Å². The number of amides is 1. The summed E-state index contributed by atoms with van der Waals surface area (Å²) in [6.07, 6.45) is 7.32. The van der Waals surface area contributed by atoms with Gasteiger partial charge in [0.2, 0.25) is 11.9 Å². The molecule has 0 saturated heterocycles. The first-order valence-corrected chi connectivity index (χ1v) is 7.82. The van der Waals surface area contributed by atoms with Crippen molar-refractivity contribution in [2.24, 2.45) is 0 Å². The smallest absolute Gasteiger partial charge is 0.246 e. The molecule has 2 aromatic rings. The highest BCUT2D eigenvalue weighted by Crippen LogP contribution is 2.32. The number of allylic oxidation sites excluding steroid dienone is 1. The first-order chi connectivity index (χ1) is 11.5. The van der Waals surface area contributed by atoms with E-state index < -0.39 is 0 Å². The van der Waals surface area contributed by atoms with Gasteiger partial charge in [-0.25, -0.2) is 9.97 Å². The fourth-order valence-electron chi connectivity index (χ4n) is 2.86. The number of nitrogen functional groups attached to an aromatic ring is 1. The van der Waals surface area contributed by atoms with Crippen LogP contribution < -0.4 is 5.73 Å². The van der Waals surface area contributed by atoms with Crippen molar-refractivity contribution < 1.29 is 4.79 Å². The number of nitrogens with zero attached hydrogens (tertiary/aromatic N) is 3. The Morgan fingerprint density at radius 3 is 2.71 bits per heavy atom. The molecule has 0 spiro atoms. The SMILES string of the molecule is CC1=C(CN(C)C(=O)C=Cc2cnc(N)nc2)Cc2ccccc21. The molecule has 0 radical (unpaired) electrons. The molecule has 5 nitrogen and oxygen atoms in total. The van der Waals surface area contributed by atoms with Crippen LogP contribution in [-0.4, -0.2) is 34.4 Å². The van der Waals surface area contributed by atoms with E-state index in [2.05, 4.69) is 41.2 Å². The highest BCUT2D eigenvalue weighted by molar-refractivity contribution is 5.92. The number of nitrogens with two attached hydrogens (primary N) is 1. The number of carbonyl (C=O) groups excluding carboxylic acids is 1. The van der Waals surface area contributed by atoms with Gasteiger partial charge in [-0.15, -0.1) is 0 Å². The van der Waals surface area contributed by atoms with Gasteiger partial charge in [0, 0.05) is 37.6 Å². The first kappa shape index (κ1) is 15.9. The third kappa shape index (κ3) is 3.35. The zero-order chi connectivity index (χ0) is 17.1. The number of likely N-dealkylation sites (N-methyl/N-ethyl adjacent to an activating group) is 1. The minimum atomic E-state index is -0.0527. The fourth-order valence-corrected chi connectivity index (χ4v) is 2.86. The molecule has 1 heterocycles. The van der Waals surface area contributed by atoms with E-state index in [9.17, 15) is 4.79 Å². The molecule has 3 rings (SSSR count). The number of benzene rings is 1. The minimum Gasteiger partial charge on any atom is -0.368 e. The number of rotatable bonds is 4. The maximum absolute atomic E-state index is 12.3. The zero-order valence-electron chi connectivity index (χ0n) is 13.9. The van der Waals surface area contributed by atoms with Crippen LogP contribution in [0.25, 0.3) is 11.6 Å². The maximum atomic E-state index is 12.3.